The van der Waals surface area contributed by atoms with E-state index in [2.05, 4.69) is 10.3 Å². The number of aryl methyl sites for hydroxylation is 1. The van der Waals surface area contributed by atoms with E-state index in [1.165, 1.54) is 6.07 Å². The van der Waals surface area contributed by atoms with Crippen molar-refractivity contribution in [2.45, 2.75) is 13.1 Å². The van der Waals surface area contributed by atoms with Crippen molar-refractivity contribution in [3.8, 4) is 0 Å². The predicted octanol–water partition coefficient (Wildman–Crippen LogP) is 5.96. The smallest absolute Gasteiger partial charge is 0.355 e. The molecule has 0 amide bonds. The van der Waals surface area contributed by atoms with Gasteiger partial charge in [0.05, 0.1) is 11.1 Å². The fourth-order valence-corrected chi connectivity index (χ4v) is 2.57. The van der Waals surface area contributed by atoms with Crippen LogP contribution in [0.1, 0.15) is 11.1 Å². The minimum atomic E-state index is -4.39. The molecule has 0 aliphatic heterocycles. The van der Waals surface area contributed by atoms with Crippen molar-refractivity contribution in [1.82, 2.24) is 4.98 Å². The predicted molar refractivity (Wildman–Crippen MR) is 86.2 cm³/mol. The molecule has 0 spiro atoms. The third-order valence-electron chi connectivity index (χ3n) is 3.53. The summed E-state index contributed by atoms with van der Waals surface area (Å²) in [6.45, 7) is 1.87. The van der Waals surface area contributed by atoms with Crippen LogP contribution in [0.5, 0.6) is 0 Å². The second kappa shape index (κ2) is 5.74. The van der Waals surface area contributed by atoms with Gasteiger partial charge in [0.1, 0.15) is 0 Å². The Kier molecular flexibility index (Phi) is 3.90. The number of rotatable bonds is 2. The number of halogens is 4. The van der Waals surface area contributed by atoms with Crippen LogP contribution in [0.3, 0.4) is 0 Å². The Bertz CT molecular complexity index is 875. The van der Waals surface area contributed by atoms with Gasteiger partial charge in [-0.05, 0) is 55.0 Å². The van der Waals surface area contributed by atoms with Gasteiger partial charge in [-0.3, -0.25) is 4.98 Å². The van der Waals surface area contributed by atoms with E-state index >= 15 is 0 Å². The number of hydrogen-bond donors (Lipinski definition) is 1. The van der Waals surface area contributed by atoms with E-state index in [0.29, 0.717) is 21.6 Å². The van der Waals surface area contributed by atoms with E-state index < -0.39 is 11.7 Å². The van der Waals surface area contributed by atoms with Crippen LogP contribution in [0.4, 0.5) is 24.5 Å². The zero-order valence-electron chi connectivity index (χ0n) is 12.1. The molecule has 3 aromatic rings. The summed E-state index contributed by atoms with van der Waals surface area (Å²) in [6, 6.07) is 10.5. The molecular weight excluding hydrogens is 325 g/mol. The Hall–Kier alpha value is -2.27. The van der Waals surface area contributed by atoms with Crippen molar-refractivity contribution in [3.63, 3.8) is 0 Å². The lowest BCUT2D eigenvalue weighted by Crippen LogP contribution is -2.05. The monoisotopic (exact) mass is 336 g/mol. The minimum absolute atomic E-state index is 0.414. The number of aromatic nitrogens is 1. The van der Waals surface area contributed by atoms with Crippen LogP contribution in [-0.4, -0.2) is 4.98 Å². The first-order valence-electron chi connectivity index (χ1n) is 6.84. The standard InChI is InChI=1S/C17H12ClF3N2/c1-10-8-12(18)3-5-14(10)23-16-6-7-22-15-4-2-11(9-13(15)16)17(19,20)21/h2-9H,1H3,(H,22,23). The molecule has 1 aromatic heterocycles. The highest BCUT2D eigenvalue weighted by atomic mass is 35.5. The van der Waals surface area contributed by atoms with Gasteiger partial charge in [0, 0.05) is 28.0 Å². The van der Waals surface area contributed by atoms with Gasteiger partial charge in [-0.1, -0.05) is 11.6 Å². The lowest BCUT2D eigenvalue weighted by atomic mass is 10.1. The molecule has 0 radical (unpaired) electrons. The third kappa shape index (κ3) is 3.24. The maximum absolute atomic E-state index is 12.9. The molecule has 1 N–H and O–H groups in total. The highest BCUT2D eigenvalue weighted by Gasteiger charge is 2.30. The molecule has 0 aliphatic carbocycles. The molecule has 0 unspecified atom stereocenters. The average molecular weight is 337 g/mol. The first kappa shape index (κ1) is 15.6. The molecule has 118 valence electrons. The maximum Gasteiger partial charge on any atom is 0.416 e. The second-order valence-electron chi connectivity index (χ2n) is 5.17. The van der Waals surface area contributed by atoms with Gasteiger partial charge >= 0.3 is 6.18 Å². The van der Waals surface area contributed by atoms with Gasteiger partial charge in [0.2, 0.25) is 0 Å². The number of nitrogens with one attached hydrogen (secondary N) is 1. The number of benzene rings is 2. The quantitative estimate of drug-likeness (QED) is 0.624. The van der Waals surface area contributed by atoms with Gasteiger partial charge in [0.25, 0.3) is 0 Å². The van der Waals surface area contributed by atoms with Crippen molar-refractivity contribution in [1.29, 1.82) is 0 Å². The van der Waals surface area contributed by atoms with E-state index in [9.17, 15) is 13.2 Å². The molecule has 6 heteroatoms. The molecule has 1 heterocycles. The summed E-state index contributed by atoms with van der Waals surface area (Å²) in [5.41, 5.74) is 2.03. The van der Waals surface area contributed by atoms with E-state index in [1.54, 1.807) is 30.5 Å². The summed E-state index contributed by atoms with van der Waals surface area (Å²) in [6.07, 6.45) is -2.83. The van der Waals surface area contributed by atoms with Gasteiger partial charge in [-0.25, -0.2) is 0 Å². The number of pyridine rings is 1. The normalized spacial score (nSPS) is 11.7. The Morgan fingerprint density at radius 1 is 1.00 bits per heavy atom. The molecule has 2 nitrogen and oxygen atoms in total. The summed E-state index contributed by atoms with van der Waals surface area (Å²) < 4.78 is 38.8. The van der Waals surface area contributed by atoms with E-state index in [0.717, 1.165) is 23.4 Å². The van der Waals surface area contributed by atoms with Gasteiger partial charge in [0.15, 0.2) is 0 Å². The lowest BCUT2D eigenvalue weighted by molar-refractivity contribution is -0.137. The number of fused-ring (bicyclic) bond motifs is 1. The van der Waals surface area contributed by atoms with Crippen LogP contribution < -0.4 is 5.32 Å². The zero-order valence-corrected chi connectivity index (χ0v) is 12.8. The fourth-order valence-electron chi connectivity index (χ4n) is 2.34. The molecule has 0 atom stereocenters. The highest BCUT2D eigenvalue weighted by Crippen LogP contribution is 2.34. The Morgan fingerprint density at radius 3 is 2.48 bits per heavy atom. The van der Waals surface area contributed by atoms with Crippen molar-refractivity contribution in [2.75, 3.05) is 5.32 Å². The molecule has 0 saturated heterocycles. The molecule has 0 saturated carbocycles. The first-order valence-corrected chi connectivity index (χ1v) is 7.21. The van der Waals surface area contributed by atoms with E-state index in [-0.39, 0.29) is 0 Å². The summed E-state index contributed by atoms with van der Waals surface area (Å²) >= 11 is 5.92. The SMILES string of the molecule is Cc1cc(Cl)ccc1Nc1ccnc2ccc(C(F)(F)F)cc12. The average Bonchev–Trinajstić information content (AvgIpc) is 2.49. The fraction of sp³-hybridized carbons (Fsp3) is 0.118. The largest absolute Gasteiger partial charge is 0.416 e. The Morgan fingerprint density at radius 2 is 1.78 bits per heavy atom. The second-order valence-corrected chi connectivity index (χ2v) is 5.61. The van der Waals surface area contributed by atoms with Gasteiger partial charge in [-0.2, -0.15) is 13.2 Å². The van der Waals surface area contributed by atoms with Crippen molar-refractivity contribution in [3.05, 3.63) is 64.8 Å². The molecular formula is C17H12ClF3N2. The number of alkyl halides is 3. The van der Waals surface area contributed by atoms with Crippen molar-refractivity contribution >= 4 is 33.9 Å². The van der Waals surface area contributed by atoms with Gasteiger partial charge < -0.3 is 5.32 Å². The molecule has 0 fully saturated rings. The zero-order chi connectivity index (χ0) is 16.6. The summed E-state index contributed by atoms with van der Waals surface area (Å²) in [7, 11) is 0. The third-order valence-corrected chi connectivity index (χ3v) is 3.76. The van der Waals surface area contributed by atoms with Crippen LogP contribution in [0.2, 0.25) is 5.02 Å². The van der Waals surface area contributed by atoms with Crippen LogP contribution in [0.15, 0.2) is 48.7 Å². The summed E-state index contributed by atoms with van der Waals surface area (Å²) in [5, 5.41) is 4.17. The van der Waals surface area contributed by atoms with E-state index in [1.807, 2.05) is 6.92 Å². The topological polar surface area (TPSA) is 24.9 Å². The minimum Gasteiger partial charge on any atom is -0.355 e. The molecule has 0 bridgehead atoms. The Labute approximate surface area is 135 Å². The first-order chi connectivity index (χ1) is 10.8. The number of nitrogens with zero attached hydrogens (tertiary/aromatic N) is 1. The highest BCUT2D eigenvalue weighted by molar-refractivity contribution is 6.30. The van der Waals surface area contributed by atoms with Crippen molar-refractivity contribution < 1.29 is 13.2 Å². The summed E-state index contributed by atoms with van der Waals surface area (Å²) in [5.74, 6) is 0. The molecule has 3 rings (SSSR count). The van der Waals surface area contributed by atoms with Crippen LogP contribution >= 0.6 is 11.6 Å². The lowest BCUT2D eigenvalue weighted by Gasteiger charge is -2.13. The number of anilines is 2. The van der Waals surface area contributed by atoms with Crippen LogP contribution in [-0.2, 0) is 6.18 Å². The maximum atomic E-state index is 12.9. The van der Waals surface area contributed by atoms with Crippen molar-refractivity contribution in [2.24, 2.45) is 0 Å². The Balaban J connectivity index is 2.09. The molecule has 23 heavy (non-hydrogen) atoms. The van der Waals surface area contributed by atoms with Gasteiger partial charge in [-0.15, -0.1) is 0 Å². The number of hydrogen-bond acceptors (Lipinski definition) is 2. The molecule has 2 aromatic carbocycles. The molecule has 0 aliphatic rings. The van der Waals surface area contributed by atoms with Crippen LogP contribution in [0, 0.1) is 6.92 Å². The van der Waals surface area contributed by atoms with E-state index in [4.69, 9.17) is 11.6 Å². The van der Waals surface area contributed by atoms with Crippen LogP contribution in [0.25, 0.3) is 10.9 Å². The summed E-state index contributed by atoms with van der Waals surface area (Å²) in [4.78, 5) is 4.11.